The molecule has 0 unspecified atom stereocenters. The SMILES string of the molecule is CC(=O)Cc1ccc(OC(C)=O)cc1. The lowest BCUT2D eigenvalue weighted by Gasteiger charge is -2.01. The highest BCUT2D eigenvalue weighted by atomic mass is 16.5. The third-order valence-electron chi connectivity index (χ3n) is 1.64. The van der Waals surface area contributed by atoms with Gasteiger partial charge in [-0.2, -0.15) is 0 Å². The van der Waals surface area contributed by atoms with Gasteiger partial charge in [0.2, 0.25) is 0 Å². The minimum atomic E-state index is -0.343. The molecule has 0 atom stereocenters. The molecule has 0 aliphatic carbocycles. The van der Waals surface area contributed by atoms with Crippen molar-refractivity contribution in [2.45, 2.75) is 20.3 Å². The molecule has 0 amide bonds. The van der Waals surface area contributed by atoms with Crippen molar-refractivity contribution in [3.8, 4) is 5.75 Å². The zero-order chi connectivity index (χ0) is 10.6. The molecule has 0 aliphatic heterocycles. The van der Waals surface area contributed by atoms with Crippen LogP contribution in [-0.4, -0.2) is 11.8 Å². The zero-order valence-electron chi connectivity index (χ0n) is 8.24. The number of ether oxygens (including phenoxy) is 1. The summed E-state index contributed by atoms with van der Waals surface area (Å²) >= 11 is 0. The average molecular weight is 192 g/mol. The molecule has 1 rings (SSSR count). The van der Waals surface area contributed by atoms with Crippen LogP contribution in [0.15, 0.2) is 24.3 Å². The summed E-state index contributed by atoms with van der Waals surface area (Å²) in [6, 6.07) is 6.92. The number of carbonyl (C=O) groups excluding carboxylic acids is 2. The van der Waals surface area contributed by atoms with E-state index in [0.717, 1.165) is 5.56 Å². The summed E-state index contributed by atoms with van der Waals surface area (Å²) in [6.45, 7) is 2.89. The molecule has 1 aromatic rings. The van der Waals surface area contributed by atoms with E-state index in [1.165, 1.54) is 6.92 Å². The van der Waals surface area contributed by atoms with E-state index in [2.05, 4.69) is 0 Å². The molecule has 0 saturated carbocycles. The first-order valence-corrected chi connectivity index (χ1v) is 4.34. The molecular weight excluding hydrogens is 180 g/mol. The van der Waals surface area contributed by atoms with Crippen LogP contribution in [0.25, 0.3) is 0 Å². The second kappa shape index (κ2) is 4.56. The molecule has 74 valence electrons. The van der Waals surface area contributed by atoms with Crippen molar-refractivity contribution < 1.29 is 14.3 Å². The number of ketones is 1. The second-order valence-corrected chi connectivity index (χ2v) is 3.12. The zero-order valence-corrected chi connectivity index (χ0v) is 8.24. The fraction of sp³-hybridized carbons (Fsp3) is 0.273. The predicted octanol–water partition coefficient (Wildman–Crippen LogP) is 1.74. The number of Topliss-reactive ketones (excluding diaryl/α,β-unsaturated/α-hetero) is 1. The maximum absolute atomic E-state index is 10.8. The van der Waals surface area contributed by atoms with Gasteiger partial charge in [-0.25, -0.2) is 0 Å². The largest absolute Gasteiger partial charge is 0.427 e. The van der Waals surface area contributed by atoms with Crippen LogP contribution < -0.4 is 4.74 Å². The molecule has 0 aromatic heterocycles. The molecule has 0 spiro atoms. The van der Waals surface area contributed by atoms with E-state index in [-0.39, 0.29) is 11.8 Å². The van der Waals surface area contributed by atoms with Crippen molar-refractivity contribution in [1.29, 1.82) is 0 Å². The first kappa shape index (κ1) is 10.4. The highest BCUT2D eigenvalue weighted by Gasteiger charge is 2.00. The third-order valence-corrected chi connectivity index (χ3v) is 1.64. The summed E-state index contributed by atoms with van der Waals surface area (Å²) < 4.78 is 4.85. The van der Waals surface area contributed by atoms with Crippen LogP contribution in [0.5, 0.6) is 5.75 Å². The smallest absolute Gasteiger partial charge is 0.308 e. The molecule has 3 heteroatoms. The molecule has 0 fully saturated rings. The molecule has 1 aromatic carbocycles. The summed E-state index contributed by atoms with van der Waals surface area (Å²) in [7, 11) is 0. The predicted molar refractivity (Wildman–Crippen MR) is 52.1 cm³/mol. The van der Waals surface area contributed by atoms with E-state index in [9.17, 15) is 9.59 Å². The minimum Gasteiger partial charge on any atom is -0.427 e. The van der Waals surface area contributed by atoms with Crippen molar-refractivity contribution in [3.63, 3.8) is 0 Å². The fourth-order valence-electron chi connectivity index (χ4n) is 1.13. The Kier molecular flexibility index (Phi) is 3.40. The molecule has 0 aliphatic rings. The number of benzene rings is 1. The molecular formula is C11H12O3. The summed E-state index contributed by atoms with van der Waals surface area (Å²) in [5.74, 6) is 0.277. The number of carbonyl (C=O) groups is 2. The lowest BCUT2D eigenvalue weighted by Crippen LogP contribution is -2.01. The normalized spacial score (nSPS) is 9.57. The Balaban J connectivity index is 2.68. The number of hydrogen-bond acceptors (Lipinski definition) is 3. The molecule has 0 heterocycles. The third kappa shape index (κ3) is 3.39. The van der Waals surface area contributed by atoms with Gasteiger partial charge >= 0.3 is 5.97 Å². The second-order valence-electron chi connectivity index (χ2n) is 3.12. The topological polar surface area (TPSA) is 43.4 Å². The van der Waals surface area contributed by atoms with Crippen molar-refractivity contribution in [2.75, 3.05) is 0 Å². The van der Waals surface area contributed by atoms with Gasteiger partial charge < -0.3 is 4.74 Å². The molecule has 0 radical (unpaired) electrons. The van der Waals surface area contributed by atoms with Gasteiger partial charge in [0, 0.05) is 13.3 Å². The van der Waals surface area contributed by atoms with Gasteiger partial charge in [0.1, 0.15) is 11.5 Å². The van der Waals surface area contributed by atoms with E-state index in [1.807, 2.05) is 0 Å². The molecule has 14 heavy (non-hydrogen) atoms. The highest BCUT2D eigenvalue weighted by molar-refractivity contribution is 5.78. The van der Waals surface area contributed by atoms with Gasteiger partial charge in [0.15, 0.2) is 0 Å². The number of hydrogen-bond donors (Lipinski definition) is 0. The first-order chi connectivity index (χ1) is 6.58. The Morgan fingerprint density at radius 3 is 2.14 bits per heavy atom. The standard InChI is InChI=1S/C11H12O3/c1-8(12)7-10-3-5-11(6-4-10)14-9(2)13/h3-6H,7H2,1-2H3. The van der Waals surface area contributed by atoms with Crippen LogP contribution >= 0.6 is 0 Å². The van der Waals surface area contributed by atoms with Gasteiger partial charge in [-0.15, -0.1) is 0 Å². The Morgan fingerprint density at radius 1 is 1.14 bits per heavy atom. The van der Waals surface area contributed by atoms with Crippen molar-refractivity contribution in [2.24, 2.45) is 0 Å². The van der Waals surface area contributed by atoms with Crippen molar-refractivity contribution in [3.05, 3.63) is 29.8 Å². The van der Waals surface area contributed by atoms with Crippen molar-refractivity contribution in [1.82, 2.24) is 0 Å². The van der Waals surface area contributed by atoms with Crippen LogP contribution in [0.1, 0.15) is 19.4 Å². The Hall–Kier alpha value is -1.64. The Labute approximate surface area is 82.7 Å². The summed E-state index contributed by atoms with van der Waals surface area (Å²) in [4.78, 5) is 21.4. The first-order valence-electron chi connectivity index (χ1n) is 4.34. The Morgan fingerprint density at radius 2 is 1.71 bits per heavy atom. The van der Waals surface area contributed by atoms with Gasteiger partial charge in [0.25, 0.3) is 0 Å². The van der Waals surface area contributed by atoms with Crippen LogP contribution in [0.2, 0.25) is 0 Å². The van der Waals surface area contributed by atoms with E-state index in [4.69, 9.17) is 4.74 Å². The molecule has 0 N–H and O–H groups in total. The highest BCUT2D eigenvalue weighted by Crippen LogP contribution is 2.12. The van der Waals surface area contributed by atoms with Gasteiger partial charge in [-0.05, 0) is 24.6 Å². The van der Waals surface area contributed by atoms with Gasteiger partial charge in [0.05, 0.1) is 0 Å². The Bertz CT molecular complexity index is 303. The molecule has 0 saturated heterocycles. The maximum Gasteiger partial charge on any atom is 0.308 e. The fourth-order valence-corrected chi connectivity index (χ4v) is 1.13. The van der Waals surface area contributed by atoms with Crippen LogP contribution in [0.4, 0.5) is 0 Å². The lowest BCUT2D eigenvalue weighted by atomic mass is 10.1. The maximum atomic E-state index is 10.8. The van der Waals surface area contributed by atoms with Gasteiger partial charge in [-0.3, -0.25) is 9.59 Å². The van der Waals surface area contributed by atoms with Crippen molar-refractivity contribution >= 4 is 11.8 Å². The number of rotatable bonds is 3. The summed E-state index contributed by atoms with van der Waals surface area (Å²) in [5.41, 5.74) is 0.924. The van der Waals surface area contributed by atoms with Crippen LogP contribution in [-0.2, 0) is 16.0 Å². The van der Waals surface area contributed by atoms with Crippen LogP contribution in [0.3, 0.4) is 0 Å². The van der Waals surface area contributed by atoms with E-state index in [0.29, 0.717) is 12.2 Å². The van der Waals surface area contributed by atoms with Crippen LogP contribution in [0, 0.1) is 0 Å². The number of esters is 1. The molecule has 0 bridgehead atoms. The monoisotopic (exact) mass is 192 g/mol. The van der Waals surface area contributed by atoms with E-state index >= 15 is 0 Å². The lowest BCUT2D eigenvalue weighted by molar-refractivity contribution is -0.131. The summed E-state index contributed by atoms with van der Waals surface area (Å²) in [5, 5.41) is 0. The average Bonchev–Trinajstić information content (AvgIpc) is 2.06. The molecule has 3 nitrogen and oxygen atoms in total. The minimum absolute atomic E-state index is 0.116. The van der Waals surface area contributed by atoms with E-state index < -0.39 is 0 Å². The summed E-state index contributed by atoms with van der Waals surface area (Å²) in [6.07, 6.45) is 0.417. The quantitative estimate of drug-likeness (QED) is 0.541. The van der Waals surface area contributed by atoms with Gasteiger partial charge in [-0.1, -0.05) is 12.1 Å². The van der Waals surface area contributed by atoms with E-state index in [1.54, 1.807) is 31.2 Å².